The highest BCUT2D eigenvalue weighted by Gasteiger charge is 2.16. The number of hydrogen-bond donors (Lipinski definition) is 0. The molecule has 0 saturated carbocycles. The van der Waals surface area contributed by atoms with Crippen molar-refractivity contribution in [1.29, 1.82) is 0 Å². The maximum absolute atomic E-state index is 13.3. The Hall–Kier alpha value is -4.48. The highest BCUT2D eigenvalue weighted by molar-refractivity contribution is 5.65. The van der Waals surface area contributed by atoms with Crippen LogP contribution in [-0.2, 0) is 13.0 Å². The van der Waals surface area contributed by atoms with Gasteiger partial charge in [0, 0.05) is 30.8 Å². The Morgan fingerprint density at radius 2 is 2.00 bits per heavy atom. The second-order valence-corrected chi connectivity index (χ2v) is 6.61. The van der Waals surface area contributed by atoms with Gasteiger partial charge in [0.1, 0.15) is 18.2 Å². The number of fused-ring (bicyclic) bond motifs is 1. The number of halogens is 1. The summed E-state index contributed by atoms with van der Waals surface area (Å²) in [5.41, 5.74) is 2.44. The van der Waals surface area contributed by atoms with Crippen LogP contribution in [0, 0.1) is 15.9 Å². The van der Waals surface area contributed by atoms with E-state index in [1.54, 1.807) is 35.0 Å². The van der Waals surface area contributed by atoms with Crippen LogP contribution in [0.15, 0.2) is 59.4 Å². The van der Waals surface area contributed by atoms with Crippen LogP contribution in [0.4, 0.5) is 10.1 Å². The molecule has 4 aromatic heterocycles. The number of rotatable bonds is 6. The fourth-order valence-corrected chi connectivity index (χ4v) is 3.08. The van der Waals surface area contributed by atoms with Gasteiger partial charge in [-0.15, -0.1) is 10.2 Å². The van der Waals surface area contributed by atoms with Gasteiger partial charge < -0.3 is 4.42 Å². The zero-order chi connectivity index (χ0) is 21.4. The van der Waals surface area contributed by atoms with Crippen LogP contribution >= 0.6 is 0 Å². The first-order chi connectivity index (χ1) is 15.1. The SMILES string of the molecule is O=[N+]([O-])c1cnn(CCc2nnc(-c3cc4nccc(-c5ccc(F)cc5)n4n3)o2)c1. The number of aromatic nitrogens is 7. The topological polar surface area (TPSA) is 130 Å². The minimum atomic E-state index is -0.508. The molecule has 1 aromatic carbocycles. The molecule has 5 rings (SSSR count). The Labute approximate surface area is 172 Å². The molecule has 154 valence electrons. The Kier molecular flexibility index (Phi) is 4.43. The minimum absolute atomic E-state index is 0.0830. The average molecular weight is 420 g/mol. The molecule has 11 nitrogen and oxygen atoms in total. The van der Waals surface area contributed by atoms with Crippen LogP contribution in [0.25, 0.3) is 28.5 Å². The van der Waals surface area contributed by atoms with E-state index in [2.05, 4.69) is 25.4 Å². The summed E-state index contributed by atoms with van der Waals surface area (Å²) >= 11 is 0. The van der Waals surface area contributed by atoms with Crippen molar-refractivity contribution in [3.8, 4) is 22.8 Å². The minimum Gasteiger partial charge on any atom is -0.419 e. The van der Waals surface area contributed by atoms with Crippen LogP contribution < -0.4 is 0 Å². The third-order valence-corrected chi connectivity index (χ3v) is 4.57. The zero-order valence-corrected chi connectivity index (χ0v) is 15.8. The van der Waals surface area contributed by atoms with E-state index in [0.717, 1.165) is 11.3 Å². The second kappa shape index (κ2) is 7.40. The maximum atomic E-state index is 13.3. The number of nitrogens with zero attached hydrogens (tertiary/aromatic N) is 8. The Morgan fingerprint density at radius 1 is 1.16 bits per heavy atom. The first-order valence-corrected chi connectivity index (χ1v) is 9.17. The molecule has 4 heterocycles. The standard InChI is InChI=1S/C19H13FN8O3/c20-13-3-1-12(2-4-13)16-5-7-21-17-9-15(25-27(16)17)19-24-23-18(31-19)6-8-26-11-14(10-22-26)28(29)30/h1-5,7,9-11H,6,8H2. The van der Waals surface area contributed by atoms with Crippen molar-refractivity contribution in [2.75, 3.05) is 0 Å². The quantitative estimate of drug-likeness (QED) is 0.303. The molecular formula is C19H13FN8O3. The van der Waals surface area contributed by atoms with E-state index in [1.165, 1.54) is 29.2 Å². The van der Waals surface area contributed by atoms with E-state index < -0.39 is 4.92 Å². The molecule has 0 aliphatic rings. The predicted octanol–water partition coefficient (Wildman–Crippen LogP) is 2.93. The molecule has 0 aliphatic heterocycles. The largest absolute Gasteiger partial charge is 0.419 e. The fraction of sp³-hybridized carbons (Fsp3) is 0.105. The molecule has 0 fully saturated rings. The normalized spacial score (nSPS) is 11.3. The molecule has 31 heavy (non-hydrogen) atoms. The van der Waals surface area contributed by atoms with Crippen LogP contribution in [0.3, 0.4) is 0 Å². The van der Waals surface area contributed by atoms with Crippen molar-refractivity contribution < 1.29 is 13.7 Å². The van der Waals surface area contributed by atoms with E-state index >= 15 is 0 Å². The van der Waals surface area contributed by atoms with Crippen molar-refractivity contribution in [2.24, 2.45) is 0 Å². The van der Waals surface area contributed by atoms with Crippen LogP contribution in [0.5, 0.6) is 0 Å². The molecule has 0 atom stereocenters. The zero-order valence-electron chi connectivity index (χ0n) is 15.8. The van der Waals surface area contributed by atoms with E-state index in [9.17, 15) is 14.5 Å². The lowest BCUT2D eigenvalue weighted by Crippen LogP contribution is -2.01. The predicted molar refractivity (Wildman–Crippen MR) is 104 cm³/mol. The number of nitro groups is 1. The van der Waals surface area contributed by atoms with E-state index in [0.29, 0.717) is 30.2 Å². The molecule has 0 saturated heterocycles. The molecule has 0 bridgehead atoms. The third-order valence-electron chi connectivity index (χ3n) is 4.57. The second-order valence-electron chi connectivity index (χ2n) is 6.61. The van der Waals surface area contributed by atoms with Gasteiger partial charge in [-0.2, -0.15) is 10.2 Å². The van der Waals surface area contributed by atoms with E-state index in [-0.39, 0.29) is 17.4 Å². The lowest BCUT2D eigenvalue weighted by Gasteiger charge is -2.03. The Bertz CT molecular complexity index is 1390. The average Bonchev–Trinajstić information content (AvgIpc) is 3.51. The van der Waals surface area contributed by atoms with Crippen molar-refractivity contribution in [3.63, 3.8) is 0 Å². The molecule has 12 heteroatoms. The van der Waals surface area contributed by atoms with Crippen LogP contribution in [0.1, 0.15) is 5.89 Å². The van der Waals surface area contributed by atoms with Gasteiger partial charge in [0.2, 0.25) is 5.89 Å². The van der Waals surface area contributed by atoms with Gasteiger partial charge in [-0.25, -0.2) is 13.9 Å². The molecular weight excluding hydrogens is 407 g/mol. The number of hydrogen-bond acceptors (Lipinski definition) is 8. The van der Waals surface area contributed by atoms with Gasteiger partial charge in [-0.1, -0.05) is 0 Å². The highest BCUT2D eigenvalue weighted by Crippen LogP contribution is 2.24. The third kappa shape index (κ3) is 3.61. The molecule has 0 aliphatic carbocycles. The van der Waals surface area contributed by atoms with Crippen molar-refractivity contribution in [1.82, 2.24) is 34.6 Å². The van der Waals surface area contributed by atoms with Gasteiger partial charge in [0.25, 0.3) is 5.89 Å². The summed E-state index contributed by atoms with van der Waals surface area (Å²) in [5.74, 6) is 0.243. The van der Waals surface area contributed by atoms with Crippen molar-refractivity contribution in [3.05, 3.63) is 76.8 Å². The highest BCUT2D eigenvalue weighted by atomic mass is 19.1. The number of benzene rings is 1. The molecule has 0 spiro atoms. The monoisotopic (exact) mass is 420 g/mol. The lowest BCUT2D eigenvalue weighted by molar-refractivity contribution is -0.385. The number of aryl methyl sites for hydroxylation is 2. The van der Waals surface area contributed by atoms with E-state index in [1.807, 2.05) is 0 Å². The lowest BCUT2D eigenvalue weighted by atomic mass is 10.1. The Morgan fingerprint density at radius 3 is 2.77 bits per heavy atom. The first kappa shape index (κ1) is 18.5. The molecule has 0 radical (unpaired) electrons. The smallest absolute Gasteiger partial charge is 0.306 e. The van der Waals surface area contributed by atoms with Gasteiger partial charge in [-0.3, -0.25) is 14.8 Å². The van der Waals surface area contributed by atoms with Crippen molar-refractivity contribution >= 4 is 11.3 Å². The summed E-state index contributed by atoms with van der Waals surface area (Å²) < 4.78 is 22.0. The van der Waals surface area contributed by atoms with Crippen molar-refractivity contribution in [2.45, 2.75) is 13.0 Å². The maximum Gasteiger partial charge on any atom is 0.306 e. The summed E-state index contributed by atoms with van der Waals surface area (Å²) in [5, 5.41) is 27.2. The van der Waals surface area contributed by atoms with Gasteiger partial charge in [0.15, 0.2) is 11.3 Å². The summed E-state index contributed by atoms with van der Waals surface area (Å²) in [6, 6.07) is 9.57. The van der Waals surface area contributed by atoms with Gasteiger partial charge in [-0.05, 0) is 30.3 Å². The van der Waals surface area contributed by atoms with Gasteiger partial charge in [0.05, 0.1) is 10.6 Å². The summed E-state index contributed by atoms with van der Waals surface area (Å²) in [4.78, 5) is 14.5. The summed E-state index contributed by atoms with van der Waals surface area (Å²) in [6.45, 7) is 0.344. The molecule has 0 N–H and O–H groups in total. The molecule has 0 unspecified atom stereocenters. The van der Waals surface area contributed by atoms with Crippen LogP contribution in [0.2, 0.25) is 0 Å². The van der Waals surface area contributed by atoms with Gasteiger partial charge >= 0.3 is 5.69 Å². The molecule has 0 amide bonds. The summed E-state index contributed by atoms with van der Waals surface area (Å²) in [6.07, 6.45) is 4.50. The fourth-order valence-electron chi connectivity index (χ4n) is 3.08. The summed E-state index contributed by atoms with van der Waals surface area (Å²) in [7, 11) is 0. The van der Waals surface area contributed by atoms with E-state index in [4.69, 9.17) is 4.42 Å². The first-order valence-electron chi connectivity index (χ1n) is 9.17. The Balaban J connectivity index is 1.38. The van der Waals surface area contributed by atoms with Crippen LogP contribution in [-0.4, -0.2) is 39.5 Å². The molecule has 5 aromatic rings.